The Bertz CT molecular complexity index is 1300. The summed E-state index contributed by atoms with van der Waals surface area (Å²) in [6.45, 7) is 8.95. The summed E-state index contributed by atoms with van der Waals surface area (Å²) in [5.41, 5.74) is 11.3. The summed E-state index contributed by atoms with van der Waals surface area (Å²) < 4.78 is 10.3. The van der Waals surface area contributed by atoms with Gasteiger partial charge < -0.3 is 9.80 Å². The zero-order valence-electron chi connectivity index (χ0n) is 21.9. The van der Waals surface area contributed by atoms with E-state index in [0.29, 0.717) is 5.92 Å². The molecular weight excluding hydrogens is 412 g/mol. The van der Waals surface area contributed by atoms with Crippen LogP contribution < -0.4 is 9.80 Å². The van der Waals surface area contributed by atoms with Gasteiger partial charge in [0.1, 0.15) is 6.17 Å². The maximum atomic E-state index is 10.3. The van der Waals surface area contributed by atoms with Gasteiger partial charge in [-0.1, -0.05) is 73.9 Å². The van der Waals surface area contributed by atoms with Crippen molar-refractivity contribution in [2.24, 2.45) is 5.92 Å². The number of hydrogen-bond acceptors (Lipinski definition) is 2. The minimum atomic E-state index is -0.715. The highest BCUT2D eigenvalue weighted by Crippen LogP contribution is 2.59. The van der Waals surface area contributed by atoms with Gasteiger partial charge in [0.15, 0.2) is 0 Å². The predicted molar refractivity (Wildman–Crippen MR) is 143 cm³/mol. The van der Waals surface area contributed by atoms with Gasteiger partial charge in [0.05, 0.1) is 0 Å². The molecule has 174 valence electrons. The standard InChI is InChI=1S/C32H36N2/c1-21-13-8-10-19-27(21)33-24(4)31-30(25-16-6-5-7-17-25)26-18-9-11-20-28(26)34(31)32(33)29-22(2)14-12-15-23(29)3/h8-15,18-20,25,30,32H,5-7,16-17H2,1-4H3/i30D. The monoisotopic (exact) mass is 449 g/mol. The molecule has 34 heavy (non-hydrogen) atoms. The summed E-state index contributed by atoms with van der Waals surface area (Å²) in [6, 6.07) is 24.1. The SMILES string of the molecule is [2H]C1(C2CCCCC2)C2=C(C)N(c3ccccc3C)C(c3c(C)cccc3C)N2c2ccccc21. The van der Waals surface area contributed by atoms with Crippen molar-refractivity contribution in [1.29, 1.82) is 0 Å². The zero-order chi connectivity index (χ0) is 24.3. The molecule has 0 bridgehead atoms. The Labute approximate surface area is 206 Å². The summed E-state index contributed by atoms with van der Waals surface area (Å²) in [7, 11) is 0. The number of allylic oxidation sites excluding steroid dienone is 2. The maximum absolute atomic E-state index is 10.3. The minimum absolute atomic E-state index is 0.00395. The molecule has 0 aromatic heterocycles. The van der Waals surface area contributed by atoms with Gasteiger partial charge in [0.2, 0.25) is 0 Å². The van der Waals surface area contributed by atoms with E-state index in [1.54, 1.807) is 0 Å². The number of para-hydroxylation sites is 2. The van der Waals surface area contributed by atoms with Crippen LogP contribution in [0, 0.1) is 26.7 Å². The molecule has 3 aromatic rings. The topological polar surface area (TPSA) is 6.48 Å². The molecule has 6 rings (SSSR count). The summed E-state index contributed by atoms with van der Waals surface area (Å²) in [5.74, 6) is -0.365. The maximum Gasteiger partial charge on any atom is 0.137 e. The molecule has 2 unspecified atom stereocenters. The van der Waals surface area contributed by atoms with Gasteiger partial charge in [0.25, 0.3) is 0 Å². The lowest BCUT2D eigenvalue weighted by molar-refractivity contribution is 0.327. The van der Waals surface area contributed by atoms with Gasteiger partial charge in [-0.2, -0.15) is 0 Å². The molecule has 0 N–H and O–H groups in total. The van der Waals surface area contributed by atoms with E-state index in [-0.39, 0.29) is 6.17 Å². The van der Waals surface area contributed by atoms with Crippen LogP contribution in [-0.2, 0) is 0 Å². The second-order valence-corrected chi connectivity index (χ2v) is 10.4. The van der Waals surface area contributed by atoms with Crippen LogP contribution >= 0.6 is 0 Å². The summed E-state index contributed by atoms with van der Waals surface area (Å²) in [4.78, 5) is 5.07. The molecular formula is C32H36N2. The molecule has 0 radical (unpaired) electrons. The van der Waals surface area contributed by atoms with Gasteiger partial charge in [-0.05, 0) is 80.8 Å². The Hall–Kier alpha value is -3.00. The van der Waals surface area contributed by atoms with Crippen LogP contribution in [0.3, 0.4) is 0 Å². The van der Waals surface area contributed by atoms with Crippen LogP contribution in [0.2, 0.25) is 0 Å². The van der Waals surface area contributed by atoms with E-state index >= 15 is 0 Å². The highest BCUT2D eigenvalue weighted by atomic mass is 15.4. The Balaban J connectivity index is 1.65. The van der Waals surface area contributed by atoms with Gasteiger partial charge in [-0.3, -0.25) is 0 Å². The lowest BCUT2D eigenvalue weighted by Crippen LogP contribution is -2.33. The Morgan fingerprint density at radius 3 is 2.00 bits per heavy atom. The Morgan fingerprint density at radius 2 is 1.29 bits per heavy atom. The third-order valence-corrected chi connectivity index (χ3v) is 8.33. The fraction of sp³-hybridized carbons (Fsp3) is 0.375. The molecule has 2 aliphatic heterocycles. The molecule has 2 heterocycles. The predicted octanol–water partition coefficient (Wildman–Crippen LogP) is 8.55. The first-order valence-corrected chi connectivity index (χ1v) is 13.0. The van der Waals surface area contributed by atoms with Crippen molar-refractivity contribution < 1.29 is 1.37 Å². The molecule has 1 aliphatic carbocycles. The minimum Gasteiger partial charge on any atom is -0.318 e. The van der Waals surface area contributed by atoms with Gasteiger partial charge in [0, 0.05) is 35.6 Å². The van der Waals surface area contributed by atoms with Crippen molar-refractivity contribution in [1.82, 2.24) is 0 Å². The largest absolute Gasteiger partial charge is 0.318 e. The Morgan fingerprint density at radius 1 is 0.676 bits per heavy atom. The smallest absolute Gasteiger partial charge is 0.137 e. The van der Waals surface area contributed by atoms with Crippen LogP contribution in [0.5, 0.6) is 0 Å². The van der Waals surface area contributed by atoms with Crippen molar-refractivity contribution >= 4 is 11.4 Å². The number of nitrogens with zero attached hydrogens (tertiary/aromatic N) is 2. The number of hydrogen-bond donors (Lipinski definition) is 0. The summed E-state index contributed by atoms with van der Waals surface area (Å²) >= 11 is 0. The normalized spacial score (nSPS) is 24.9. The fourth-order valence-corrected chi connectivity index (χ4v) is 6.77. The second-order valence-electron chi connectivity index (χ2n) is 10.4. The molecule has 0 spiro atoms. The highest BCUT2D eigenvalue weighted by molar-refractivity contribution is 5.78. The lowest BCUT2D eigenvalue weighted by Gasteiger charge is -2.36. The van der Waals surface area contributed by atoms with Crippen LogP contribution in [0.1, 0.15) is 80.3 Å². The molecule has 1 fully saturated rings. The number of aryl methyl sites for hydroxylation is 3. The molecule has 2 heteroatoms. The van der Waals surface area contributed by atoms with Crippen LogP contribution in [0.15, 0.2) is 78.1 Å². The quantitative estimate of drug-likeness (QED) is 0.395. The van der Waals surface area contributed by atoms with Gasteiger partial charge >= 0.3 is 0 Å². The molecule has 3 aliphatic rings. The van der Waals surface area contributed by atoms with E-state index in [1.807, 2.05) is 0 Å². The first kappa shape index (κ1) is 20.4. The molecule has 2 nitrogen and oxygen atoms in total. The van der Waals surface area contributed by atoms with Crippen LogP contribution in [0.4, 0.5) is 11.4 Å². The lowest BCUT2D eigenvalue weighted by atomic mass is 9.76. The van der Waals surface area contributed by atoms with Crippen molar-refractivity contribution in [2.75, 3.05) is 9.80 Å². The van der Waals surface area contributed by atoms with E-state index < -0.39 is 5.89 Å². The van der Waals surface area contributed by atoms with Crippen molar-refractivity contribution in [2.45, 2.75) is 71.9 Å². The highest BCUT2D eigenvalue weighted by Gasteiger charge is 2.50. The first-order valence-electron chi connectivity index (χ1n) is 13.5. The number of anilines is 2. The Kier molecular flexibility index (Phi) is 5.00. The molecule has 0 saturated heterocycles. The average molecular weight is 450 g/mol. The summed E-state index contributed by atoms with van der Waals surface area (Å²) in [5, 5.41) is 0. The molecule has 2 atom stereocenters. The average Bonchev–Trinajstić information content (AvgIpc) is 3.31. The number of benzene rings is 3. The van der Waals surface area contributed by atoms with Gasteiger partial charge in [-0.15, -0.1) is 0 Å². The third kappa shape index (κ3) is 3.15. The van der Waals surface area contributed by atoms with E-state index in [9.17, 15) is 1.37 Å². The van der Waals surface area contributed by atoms with E-state index in [0.717, 1.165) is 12.8 Å². The second kappa shape index (κ2) is 8.34. The van der Waals surface area contributed by atoms with Crippen molar-refractivity contribution in [3.05, 3.63) is 106 Å². The molecule has 3 aromatic carbocycles. The molecule has 0 amide bonds. The first-order chi connectivity index (χ1) is 16.9. The van der Waals surface area contributed by atoms with E-state index in [1.165, 1.54) is 69.8 Å². The van der Waals surface area contributed by atoms with Crippen molar-refractivity contribution in [3.8, 4) is 0 Å². The zero-order valence-corrected chi connectivity index (χ0v) is 20.9. The third-order valence-electron chi connectivity index (χ3n) is 8.33. The van der Waals surface area contributed by atoms with E-state index in [2.05, 4.69) is 104 Å². The number of fused-ring (bicyclic) bond motifs is 3. The summed E-state index contributed by atoms with van der Waals surface area (Å²) in [6.07, 6.45) is 6.06. The fourth-order valence-electron chi connectivity index (χ4n) is 6.77. The van der Waals surface area contributed by atoms with Crippen molar-refractivity contribution in [3.63, 3.8) is 0 Å². The van der Waals surface area contributed by atoms with E-state index in [4.69, 9.17) is 0 Å². The van der Waals surface area contributed by atoms with Crippen LogP contribution in [0.25, 0.3) is 0 Å². The van der Waals surface area contributed by atoms with Gasteiger partial charge in [-0.25, -0.2) is 0 Å². The number of rotatable bonds is 3. The molecule has 1 saturated carbocycles. The van der Waals surface area contributed by atoms with Crippen LogP contribution in [-0.4, -0.2) is 0 Å².